The smallest absolute Gasteiger partial charge is 0.256 e. The highest BCUT2D eigenvalue weighted by atomic mass is 35.5. The molecule has 1 atom stereocenters. The summed E-state index contributed by atoms with van der Waals surface area (Å²) in [6, 6.07) is 6.51. The Bertz CT molecular complexity index is 1640. The summed E-state index contributed by atoms with van der Waals surface area (Å²) < 4.78 is 33.1. The summed E-state index contributed by atoms with van der Waals surface area (Å²) in [4.78, 5) is 21.9. The van der Waals surface area contributed by atoms with Crippen LogP contribution in [0.15, 0.2) is 42.9 Å². The summed E-state index contributed by atoms with van der Waals surface area (Å²) in [5, 5.41) is 11.1. The van der Waals surface area contributed by atoms with Crippen LogP contribution in [0.25, 0.3) is 16.8 Å². The van der Waals surface area contributed by atoms with Gasteiger partial charge in [-0.2, -0.15) is 5.10 Å². The number of pyridine rings is 1. The molecule has 5 rings (SSSR count). The van der Waals surface area contributed by atoms with Crippen molar-refractivity contribution in [1.82, 2.24) is 24.9 Å². The predicted octanol–water partition coefficient (Wildman–Crippen LogP) is 3.59. The Kier molecular flexibility index (Phi) is 6.56. The standard InChI is InChI=1S/C23H21Cl2N7O4S/c1-12-7-27-22(33)17-10-29-32-11-18(16-4-3-15(6-19(16)25)31-37(2,34)35)20(30-21(17)32)26-8-13-5-14(24)9-28-23(13)36-12/h3-6,9-12,31H,7-8H2,1-2H3,(H,26,30)(H,27,33)/t12-/m0/s1. The van der Waals surface area contributed by atoms with Crippen LogP contribution in [0.3, 0.4) is 0 Å². The summed E-state index contributed by atoms with van der Waals surface area (Å²) in [7, 11) is -3.48. The Labute approximate surface area is 222 Å². The molecule has 4 aromatic rings. The Hall–Kier alpha value is -3.61. The number of hydrogen-bond donors (Lipinski definition) is 3. The maximum atomic E-state index is 12.9. The van der Waals surface area contributed by atoms with Gasteiger partial charge in [0.05, 0.1) is 29.0 Å². The molecule has 0 saturated heterocycles. The zero-order chi connectivity index (χ0) is 26.3. The van der Waals surface area contributed by atoms with Crippen molar-refractivity contribution >= 4 is 56.3 Å². The number of fused-ring (bicyclic) bond motifs is 2. The van der Waals surface area contributed by atoms with E-state index >= 15 is 0 Å². The molecule has 11 nitrogen and oxygen atoms in total. The molecule has 0 fully saturated rings. The summed E-state index contributed by atoms with van der Waals surface area (Å²) in [6.07, 6.45) is 5.31. The molecule has 3 N–H and O–H groups in total. The Morgan fingerprint density at radius 3 is 2.70 bits per heavy atom. The van der Waals surface area contributed by atoms with Gasteiger partial charge in [0.15, 0.2) is 5.65 Å². The molecule has 0 spiro atoms. The van der Waals surface area contributed by atoms with E-state index in [1.807, 2.05) is 6.92 Å². The van der Waals surface area contributed by atoms with Gasteiger partial charge in [-0.15, -0.1) is 0 Å². The second kappa shape index (κ2) is 9.69. The third-order valence-corrected chi connectivity index (χ3v) is 6.63. The molecule has 0 unspecified atom stereocenters. The Morgan fingerprint density at radius 1 is 1.14 bits per heavy atom. The van der Waals surface area contributed by atoms with E-state index in [-0.39, 0.29) is 30.1 Å². The number of nitrogens with one attached hydrogen (secondary N) is 3. The number of sulfonamides is 1. The minimum atomic E-state index is -3.48. The number of anilines is 2. The van der Waals surface area contributed by atoms with E-state index in [1.165, 1.54) is 23.0 Å². The van der Waals surface area contributed by atoms with Gasteiger partial charge in [0, 0.05) is 41.3 Å². The second-order valence-electron chi connectivity index (χ2n) is 8.51. The van der Waals surface area contributed by atoms with E-state index in [0.717, 1.165) is 6.26 Å². The maximum absolute atomic E-state index is 12.9. The Balaban J connectivity index is 1.64. The number of halogens is 2. The van der Waals surface area contributed by atoms with Gasteiger partial charge in [-0.3, -0.25) is 9.52 Å². The first-order chi connectivity index (χ1) is 17.6. The molecule has 1 aliphatic rings. The summed E-state index contributed by atoms with van der Waals surface area (Å²) in [6.45, 7) is 2.31. The van der Waals surface area contributed by atoms with E-state index < -0.39 is 10.0 Å². The van der Waals surface area contributed by atoms with Crippen molar-refractivity contribution in [3.8, 4) is 17.0 Å². The number of nitrogens with zero attached hydrogens (tertiary/aromatic N) is 4. The van der Waals surface area contributed by atoms with E-state index in [9.17, 15) is 13.2 Å². The molecule has 0 saturated carbocycles. The fourth-order valence-electron chi connectivity index (χ4n) is 3.86. The number of ether oxygens (including phenoxy) is 1. The number of benzene rings is 1. The van der Waals surface area contributed by atoms with Crippen LogP contribution in [0.2, 0.25) is 10.0 Å². The van der Waals surface area contributed by atoms with Crippen molar-refractivity contribution < 1.29 is 17.9 Å². The first kappa shape index (κ1) is 25.1. The van der Waals surface area contributed by atoms with Crippen LogP contribution in [-0.4, -0.2) is 52.8 Å². The molecule has 192 valence electrons. The number of carbonyl (C=O) groups is 1. The Morgan fingerprint density at radius 2 is 1.95 bits per heavy atom. The van der Waals surface area contributed by atoms with E-state index in [1.54, 1.807) is 24.4 Å². The van der Waals surface area contributed by atoms with E-state index in [4.69, 9.17) is 32.9 Å². The third kappa shape index (κ3) is 5.41. The molecule has 37 heavy (non-hydrogen) atoms. The number of aromatic nitrogens is 4. The lowest BCUT2D eigenvalue weighted by Gasteiger charge is -2.18. The first-order valence-electron chi connectivity index (χ1n) is 11.1. The van der Waals surface area contributed by atoms with Gasteiger partial charge >= 0.3 is 0 Å². The van der Waals surface area contributed by atoms with Crippen LogP contribution in [0.1, 0.15) is 22.8 Å². The van der Waals surface area contributed by atoms with Crippen LogP contribution >= 0.6 is 23.2 Å². The second-order valence-corrected chi connectivity index (χ2v) is 11.1. The van der Waals surface area contributed by atoms with Crippen molar-refractivity contribution in [2.24, 2.45) is 0 Å². The van der Waals surface area contributed by atoms with Gasteiger partial charge in [-0.05, 0) is 25.1 Å². The normalized spacial score (nSPS) is 16.0. The highest BCUT2D eigenvalue weighted by Gasteiger charge is 2.21. The highest BCUT2D eigenvalue weighted by Crippen LogP contribution is 2.35. The molecule has 1 aromatic carbocycles. The lowest BCUT2D eigenvalue weighted by molar-refractivity contribution is 0.0932. The molecular weight excluding hydrogens is 541 g/mol. The minimum Gasteiger partial charge on any atom is -0.473 e. The van der Waals surface area contributed by atoms with Gasteiger partial charge in [0.2, 0.25) is 15.9 Å². The summed E-state index contributed by atoms with van der Waals surface area (Å²) >= 11 is 12.8. The molecule has 14 heteroatoms. The summed E-state index contributed by atoms with van der Waals surface area (Å²) in [5.74, 6) is 0.429. The highest BCUT2D eigenvalue weighted by molar-refractivity contribution is 7.92. The zero-order valence-electron chi connectivity index (χ0n) is 19.6. The fourth-order valence-corrected chi connectivity index (χ4v) is 4.88. The molecule has 0 radical (unpaired) electrons. The van der Waals surface area contributed by atoms with Crippen LogP contribution in [0, 0.1) is 0 Å². The van der Waals surface area contributed by atoms with Gasteiger partial charge in [0.25, 0.3) is 5.91 Å². The molecule has 1 amide bonds. The predicted molar refractivity (Wildman–Crippen MR) is 141 cm³/mol. The molecule has 1 aliphatic heterocycles. The van der Waals surface area contributed by atoms with Gasteiger partial charge in [-0.25, -0.2) is 22.9 Å². The van der Waals surface area contributed by atoms with Gasteiger partial charge in [0.1, 0.15) is 17.5 Å². The number of amides is 1. The first-order valence-corrected chi connectivity index (χ1v) is 13.7. The van der Waals surface area contributed by atoms with E-state index in [0.29, 0.717) is 50.3 Å². The van der Waals surface area contributed by atoms with Gasteiger partial charge < -0.3 is 15.4 Å². The fraction of sp³-hybridized carbons (Fsp3) is 0.217. The zero-order valence-corrected chi connectivity index (χ0v) is 21.9. The average Bonchev–Trinajstić information content (AvgIpc) is 3.23. The molecule has 2 bridgehead atoms. The van der Waals surface area contributed by atoms with Gasteiger partial charge in [-0.1, -0.05) is 29.3 Å². The quantitative estimate of drug-likeness (QED) is 0.344. The summed E-state index contributed by atoms with van der Waals surface area (Å²) in [5.41, 5.74) is 2.77. The molecular formula is C23H21Cl2N7O4S. The lowest BCUT2D eigenvalue weighted by atomic mass is 10.1. The topological polar surface area (TPSA) is 140 Å². The number of rotatable bonds is 3. The third-order valence-electron chi connectivity index (χ3n) is 5.50. The van der Waals surface area contributed by atoms with Crippen LogP contribution in [-0.2, 0) is 16.6 Å². The van der Waals surface area contributed by atoms with Crippen molar-refractivity contribution in [2.75, 3.05) is 22.8 Å². The van der Waals surface area contributed by atoms with E-state index in [2.05, 4.69) is 25.4 Å². The SMILES string of the molecule is C[C@H]1CNC(=O)c2cnn3cc(-c4ccc(NS(C)(=O)=O)cc4Cl)c(nc23)NCc2cc(Cl)cnc2O1. The molecule has 0 aliphatic carbocycles. The van der Waals surface area contributed by atoms with Crippen molar-refractivity contribution in [2.45, 2.75) is 19.6 Å². The van der Waals surface area contributed by atoms with Crippen molar-refractivity contribution in [3.63, 3.8) is 0 Å². The van der Waals surface area contributed by atoms with Crippen LogP contribution < -0.4 is 20.1 Å². The number of hydrogen-bond acceptors (Lipinski definition) is 8. The van der Waals surface area contributed by atoms with Crippen molar-refractivity contribution in [1.29, 1.82) is 0 Å². The maximum Gasteiger partial charge on any atom is 0.256 e. The monoisotopic (exact) mass is 561 g/mol. The number of carbonyl (C=O) groups excluding carboxylic acids is 1. The molecule has 4 heterocycles. The average molecular weight is 562 g/mol. The van der Waals surface area contributed by atoms with Crippen LogP contribution in [0.5, 0.6) is 5.88 Å². The lowest BCUT2D eigenvalue weighted by Crippen LogP contribution is -2.33. The largest absolute Gasteiger partial charge is 0.473 e. The van der Waals surface area contributed by atoms with Crippen LogP contribution in [0.4, 0.5) is 11.5 Å². The van der Waals surface area contributed by atoms with Crippen molar-refractivity contribution in [3.05, 3.63) is 64.0 Å². The molecule has 3 aromatic heterocycles. The minimum absolute atomic E-state index is 0.238.